The first-order valence-corrected chi connectivity index (χ1v) is 5.85. The summed E-state index contributed by atoms with van der Waals surface area (Å²) in [6, 6.07) is 1.80. The minimum absolute atomic E-state index is 0.0118. The summed E-state index contributed by atoms with van der Waals surface area (Å²) in [7, 11) is 0. The molecule has 0 aliphatic carbocycles. The Morgan fingerprint density at radius 1 is 1.69 bits per heavy atom. The summed E-state index contributed by atoms with van der Waals surface area (Å²) in [5.74, 6) is 0.654. The molecule has 2 N–H and O–H groups in total. The topological polar surface area (TPSA) is 70.7 Å². The molecule has 84 valence electrons. The summed E-state index contributed by atoms with van der Waals surface area (Å²) in [6.45, 7) is 1.87. The lowest BCUT2D eigenvalue weighted by Crippen LogP contribution is -2.28. The van der Waals surface area contributed by atoms with E-state index in [2.05, 4.69) is 20.5 Å². The summed E-state index contributed by atoms with van der Waals surface area (Å²) >= 11 is 1.59. The average molecular weight is 236 g/mol. The number of nitrogens with zero attached hydrogens (tertiary/aromatic N) is 2. The van der Waals surface area contributed by atoms with Gasteiger partial charge in [-0.15, -0.1) is 0 Å². The number of carbonyl (C=O) groups is 1. The maximum Gasteiger partial charge on any atom is 0.225 e. The SMILES string of the molecule is CC(NC(=O)Cc1ccsc1)c1ncn[nH]1. The van der Waals surface area contributed by atoms with Gasteiger partial charge in [0.05, 0.1) is 12.5 Å². The molecule has 0 fully saturated rings. The van der Waals surface area contributed by atoms with Crippen LogP contribution in [0.2, 0.25) is 0 Å². The van der Waals surface area contributed by atoms with Crippen LogP contribution in [0.3, 0.4) is 0 Å². The largest absolute Gasteiger partial charge is 0.346 e. The molecule has 0 radical (unpaired) electrons. The number of rotatable bonds is 4. The minimum Gasteiger partial charge on any atom is -0.346 e. The first-order chi connectivity index (χ1) is 7.75. The van der Waals surface area contributed by atoms with Crippen LogP contribution in [0.25, 0.3) is 0 Å². The van der Waals surface area contributed by atoms with Gasteiger partial charge in [-0.3, -0.25) is 9.89 Å². The van der Waals surface area contributed by atoms with E-state index in [1.165, 1.54) is 6.33 Å². The van der Waals surface area contributed by atoms with Crippen molar-refractivity contribution in [2.45, 2.75) is 19.4 Å². The minimum atomic E-state index is -0.145. The molecular formula is C10H12N4OS. The van der Waals surface area contributed by atoms with Crippen molar-refractivity contribution >= 4 is 17.2 Å². The molecule has 2 aromatic rings. The van der Waals surface area contributed by atoms with Crippen molar-refractivity contribution < 1.29 is 4.79 Å². The third kappa shape index (κ3) is 2.66. The fourth-order valence-corrected chi connectivity index (χ4v) is 2.03. The van der Waals surface area contributed by atoms with Gasteiger partial charge in [0.15, 0.2) is 0 Å². The van der Waals surface area contributed by atoms with Gasteiger partial charge in [-0.2, -0.15) is 16.4 Å². The van der Waals surface area contributed by atoms with Crippen LogP contribution < -0.4 is 5.32 Å². The molecule has 5 nitrogen and oxygen atoms in total. The predicted molar refractivity (Wildman–Crippen MR) is 61.0 cm³/mol. The van der Waals surface area contributed by atoms with Gasteiger partial charge < -0.3 is 5.32 Å². The van der Waals surface area contributed by atoms with Gasteiger partial charge in [0.1, 0.15) is 12.2 Å². The number of thiophene rings is 1. The lowest BCUT2D eigenvalue weighted by Gasteiger charge is -2.10. The molecule has 0 saturated carbocycles. The maximum absolute atomic E-state index is 11.6. The molecule has 0 aromatic carbocycles. The van der Waals surface area contributed by atoms with Crippen molar-refractivity contribution in [2.24, 2.45) is 0 Å². The molecule has 0 aliphatic rings. The maximum atomic E-state index is 11.6. The van der Waals surface area contributed by atoms with Crippen molar-refractivity contribution in [3.05, 3.63) is 34.5 Å². The molecule has 16 heavy (non-hydrogen) atoms. The highest BCUT2D eigenvalue weighted by Crippen LogP contribution is 2.08. The van der Waals surface area contributed by atoms with Crippen molar-refractivity contribution in [3.8, 4) is 0 Å². The lowest BCUT2D eigenvalue weighted by molar-refractivity contribution is -0.121. The van der Waals surface area contributed by atoms with Crippen LogP contribution in [0.15, 0.2) is 23.2 Å². The van der Waals surface area contributed by atoms with E-state index >= 15 is 0 Å². The fourth-order valence-electron chi connectivity index (χ4n) is 1.36. The summed E-state index contributed by atoms with van der Waals surface area (Å²) in [6.07, 6.45) is 1.83. The van der Waals surface area contributed by atoms with Crippen molar-refractivity contribution in [3.63, 3.8) is 0 Å². The van der Waals surface area contributed by atoms with Crippen LogP contribution in [-0.2, 0) is 11.2 Å². The molecular weight excluding hydrogens is 224 g/mol. The third-order valence-corrected chi connectivity index (χ3v) is 2.90. The van der Waals surface area contributed by atoms with Gasteiger partial charge in [0.25, 0.3) is 0 Å². The normalized spacial score (nSPS) is 12.3. The molecule has 0 bridgehead atoms. The first-order valence-electron chi connectivity index (χ1n) is 4.91. The monoisotopic (exact) mass is 236 g/mol. The molecule has 2 aromatic heterocycles. The van der Waals surface area contributed by atoms with Crippen molar-refractivity contribution in [1.82, 2.24) is 20.5 Å². The number of H-pyrrole nitrogens is 1. The van der Waals surface area contributed by atoms with E-state index in [0.717, 1.165) is 5.56 Å². The van der Waals surface area contributed by atoms with E-state index in [-0.39, 0.29) is 11.9 Å². The second kappa shape index (κ2) is 4.89. The van der Waals surface area contributed by atoms with E-state index in [1.54, 1.807) is 11.3 Å². The molecule has 0 aliphatic heterocycles. The molecule has 6 heteroatoms. The zero-order valence-electron chi connectivity index (χ0n) is 8.80. The summed E-state index contributed by atoms with van der Waals surface area (Å²) < 4.78 is 0. The number of aromatic nitrogens is 3. The van der Waals surface area contributed by atoms with E-state index < -0.39 is 0 Å². The van der Waals surface area contributed by atoms with Crippen LogP contribution >= 0.6 is 11.3 Å². The van der Waals surface area contributed by atoms with Gasteiger partial charge in [0, 0.05) is 0 Å². The number of hydrogen-bond acceptors (Lipinski definition) is 4. The first kappa shape index (κ1) is 10.8. The standard InChI is InChI=1S/C10H12N4OS/c1-7(10-11-6-12-14-10)13-9(15)4-8-2-3-16-5-8/h2-3,5-7H,4H2,1H3,(H,13,15)(H,11,12,14). The second-order valence-electron chi connectivity index (χ2n) is 3.47. The Balaban J connectivity index is 1.88. The second-order valence-corrected chi connectivity index (χ2v) is 4.25. The van der Waals surface area contributed by atoms with Gasteiger partial charge in [-0.25, -0.2) is 4.98 Å². The average Bonchev–Trinajstić information content (AvgIpc) is 2.88. The number of amides is 1. The molecule has 2 rings (SSSR count). The Morgan fingerprint density at radius 2 is 2.56 bits per heavy atom. The molecule has 2 heterocycles. The smallest absolute Gasteiger partial charge is 0.225 e. The molecule has 0 spiro atoms. The zero-order valence-corrected chi connectivity index (χ0v) is 9.62. The van der Waals surface area contributed by atoms with Crippen LogP contribution in [0, 0.1) is 0 Å². The van der Waals surface area contributed by atoms with E-state index in [9.17, 15) is 4.79 Å². The van der Waals surface area contributed by atoms with Gasteiger partial charge in [-0.05, 0) is 29.3 Å². The van der Waals surface area contributed by atoms with E-state index in [1.807, 2.05) is 23.8 Å². The quantitative estimate of drug-likeness (QED) is 0.840. The molecule has 0 saturated heterocycles. The summed E-state index contributed by atoms with van der Waals surface area (Å²) in [4.78, 5) is 15.6. The lowest BCUT2D eigenvalue weighted by atomic mass is 10.2. The zero-order chi connectivity index (χ0) is 11.4. The molecule has 1 atom stereocenters. The predicted octanol–water partition coefficient (Wildman–Crippen LogP) is 1.29. The number of hydrogen-bond donors (Lipinski definition) is 2. The number of nitrogens with one attached hydrogen (secondary N) is 2. The van der Waals surface area contributed by atoms with Crippen LogP contribution in [0.5, 0.6) is 0 Å². The van der Waals surface area contributed by atoms with Crippen LogP contribution in [-0.4, -0.2) is 21.1 Å². The Morgan fingerprint density at radius 3 is 3.19 bits per heavy atom. The van der Waals surface area contributed by atoms with Crippen LogP contribution in [0.4, 0.5) is 0 Å². The highest BCUT2D eigenvalue weighted by Gasteiger charge is 2.12. The van der Waals surface area contributed by atoms with E-state index in [4.69, 9.17) is 0 Å². The van der Waals surface area contributed by atoms with Gasteiger partial charge >= 0.3 is 0 Å². The Hall–Kier alpha value is -1.69. The molecule has 1 unspecified atom stereocenters. The Bertz CT molecular complexity index is 437. The molecule has 1 amide bonds. The number of aromatic amines is 1. The van der Waals surface area contributed by atoms with Crippen molar-refractivity contribution in [1.29, 1.82) is 0 Å². The summed E-state index contributed by atoms with van der Waals surface area (Å²) in [5, 5.41) is 13.3. The summed E-state index contributed by atoms with van der Waals surface area (Å²) in [5.41, 5.74) is 1.03. The Kier molecular flexibility index (Phi) is 3.31. The van der Waals surface area contributed by atoms with E-state index in [0.29, 0.717) is 12.2 Å². The number of carbonyl (C=O) groups excluding carboxylic acids is 1. The Labute approximate surface area is 96.9 Å². The van der Waals surface area contributed by atoms with Gasteiger partial charge in [-0.1, -0.05) is 0 Å². The van der Waals surface area contributed by atoms with Gasteiger partial charge in [0.2, 0.25) is 5.91 Å². The third-order valence-electron chi connectivity index (χ3n) is 2.17. The van der Waals surface area contributed by atoms with Crippen molar-refractivity contribution in [2.75, 3.05) is 0 Å². The highest BCUT2D eigenvalue weighted by atomic mass is 32.1. The highest BCUT2D eigenvalue weighted by molar-refractivity contribution is 7.07. The fraction of sp³-hybridized carbons (Fsp3) is 0.300. The van der Waals surface area contributed by atoms with Crippen LogP contribution in [0.1, 0.15) is 24.4 Å².